The van der Waals surface area contributed by atoms with Gasteiger partial charge in [0.15, 0.2) is 17.0 Å². The summed E-state index contributed by atoms with van der Waals surface area (Å²) in [4.78, 5) is 33.4. The number of aromatic amines is 1. The molecule has 3 N–H and O–H groups in total. The third kappa shape index (κ3) is 1.87. The van der Waals surface area contributed by atoms with Crippen LogP contribution in [0.3, 0.4) is 0 Å². The van der Waals surface area contributed by atoms with Crippen molar-refractivity contribution in [2.24, 2.45) is 10.9 Å². The highest BCUT2D eigenvalue weighted by atomic mass is 16.3. The number of allylic oxidation sites excluding steroid dienone is 5. The van der Waals surface area contributed by atoms with E-state index < -0.39 is 12.0 Å². The fourth-order valence-corrected chi connectivity index (χ4v) is 4.11. The maximum atomic E-state index is 12.9. The van der Waals surface area contributed by atoms with Crippen LogP contribution in [0, 0.1) is 5.92 Å². The number of aliphatic imine (C=N–C) groups is 1. The van der Waals surface area contributed by atoms with E-state index >= 15 is 0 Å². The topological polar surface area (TPSA) is 103 Å². The van der Waals surface area contributed by atoms with Crippen molar-refractivity contribution >= 4 is 23.3 Å². The number of ketones is 1. The predicted molar refractivity (Wildman–Crippen MR) is 96.7 cm³/mol. The zero-order valence-corrected chi connectivity index (χ0v) is 13.8. The number of aliphatic hydroxyl groups is 2. The predicted octanol–water partition coefficient (Wildman–Crippen LogP) is 2.13. The Morgan fingerprint density at radius 1 is 1.23 bits per heavy atom. The number of pyridine rings is 1. The summed E-state index contributed by atoms with van der Waals surface area (Å²) in [5, 5.41) is 21.6. The van der Waals surface area contributed by atoms with Gasteiger partial charge in [-0.3, -0.25) is 14.6 Å². The van der Waals surface area contributed by atoms with E-state index in [1.807, 2.05) is 18.2 Å². The van der Waals surface area contributed by atoms with Gasteiger partial charge in [-0.2, -0.15) is 0 Å². The van der Waals surface area contributed by atoms with E-state index in [1.54, 1.807) is 12.2 Å². The molecule has 0 spiro atoms. The number of aliphatic hydroxyl groups excluding tert-OH is 2. The monoisotopic (exact) mass is 348 g/mol. The first-order valence-corrected chi connectivity index (χ1v) is 8.65. The summed E-state index contributed by atoms with van der Waals surface area (Å²) in [6.07, 6.45) is 9.65. The lowest BCUT2D eigenvalue weighted by Gasteiger charge is -2.32. The van der Waals surface area contributed by atoms with Crippen LogP contribution < -0.4 is 5.43 Å². The molecule has 1 aromatic heterocycles. The van der Waals surface area contributed by atoms with E-state index in [-0.39, 0.29) is 39.5 Å². The van der Waals surface area contributed by atoms with Crippen LogP contribution in [0.15, 0.2) is 45.4 Å². The fourth-order valence-electron chi connectivity index (χ4n) is 4.11. The van der Waals surface area contributed by atoms with Gasteiger partial charge in [0.05, 0.1) is 34.2 Å². The number of carbonyl (C=O) groups excluding carboxylic acids is 1. The summed E-state index contributed by atoms with van der Waals surface area (Å²) >= 11 is 0. The molecule has 3 aliphatic carbocycles. The Morgan fingerprint density at radius 2 is 2.08 bits per heavy atom. The Bertz CT molecular complexity index is 1080. The van der Waals surface area contributed by atoms with Gasteiger partial charge in [0.2, 0.25) is 0 Å². The summed E-state index contributed by atoms with van der Waals surface area (Å²) < 4.78 is 0. The molecule has 2 heterocycles. The van der Waals surface area contributed by atoms with Gasteiger partial charge >= 0.3 is 0 Å². The van der Waals surface area contributed by atoms with E-state index in [1.165, 1.54) is 0 Å². The van der Waals surface area contributed by atoms with Crippen molar-refractivity contribution in [2.45, 2.75) is 25.4 Å². The summed E-state index contributed by atoms with van der Waals surface area (Å²) in [6, 6.07) is 0. The number of fused-ring (bicyclic) bond motifs is 4. The molecular formula is C20H16N2O4. The van der Waals surface area contributed by atoms with Crippen molar-refractivity contribution in [1.29, 1.82) is 0 Å². The smallest absolute Gasteiger partial charge is 0.192 e. The van der Waals surface area contributed by atoms with Crippen LogP contribution in [0.5, 0.6) is 0 Å². The molecule has 0 aromatic carbocycles. The number of H-pyrrole nitrogens is 1. The van der Waals surface area contributed by atoms with E-state index in [0.717, 1.165) is 6.42 Å². The molecule has 2 atom stereocenters. The lowest BCUT2D eigenvalue weighted by Crippen LogP contribution is -2.38. The summed E-state index contributed by atoms with van der Waals surface area (Å²) in [6.45, 7) is 0. The van der Waals surface area contributed by atoms with Crippen LogP contribution in [-0.4, -0.2) is 26.7 Å². The number of nitrogens with one attached hydrogen (secondary N) is 1. The van der Waals surface area contributed by atoms with Crippen LogP contribution >= 0.6 is 0 Å². The molecule has 5 rings (SSSR count). The Hall–Kier alpha value is -2.99. The standard InChI is InChI=1S/C20H16N2O4/c23-17-9-5-1-3-7-11(9)21-15-13(17)19(25)16-14(20(15)26)18(24)10-6-2-4-8-12(10)22-16/h1,3-4,7-9,20,25-26H,2,5-6H2,(H,22,24). The second-order valence-electron chi connectivity index (χ2n) is 6.87. The number of hydrogen-bond donors (Lipinski definition) is 3. The molecule has 4 aliphatic rings. The molecule has 6 heteroatoms. The van der Waals surface area contributed by atoms with Crippen LogP contribution in [0.25, 0.3) is 11.8 Å². The molecule has 1 aliphatic heterocycles. The fraction of sp³-hybridized carbons (Fsp3) is 0.250. The quantitative estimate of drug-likeness (QED) is 0.668. The van der Waals surface area contributed by atoms with Gasteiger partial charge in [-0.25, -0.2) is 0 Å². The maximum absolute atomic E-state index is 12.9. The minimum absolute atomic E-state index is 0.0119. The first kappa shape index (κ1) is 15.3. The number of hydrogen-bond acceptors (Lipinski definition) is 5. The minimum atomic E-state index is -1.34. The van der Waals surface area contributed by atoms with Gasteiger partial charge in [0, 0.05) is 11.3 Å². The van der Waals surface area contributed by atoms with Crippen LogP contribution in [0.4, 0.5) is 0 Å². The summed E-state index contributed by atoms with van der Waals surface area (Å²) in [5.74, 6) is -1.04. The van der Waals surface area contributed by atoms with Crippen molar-refractivity contribution in [3.8, 4) is 0 Å². The molecule has 0 amide bonds. The molecule has 0 saturated carbocycles. The number of aromatic nitrogens is 1. The largest absolute Gasteiger partial charge is 0.505 e. The van der Waals surface area contributed by atoms with Crippen LogP contribution in [-0.2, 0) is 11.2 Å². The maximum Gasteiger partial charge on any atom is 0.192 e. The zero-order valence-electron chi connectivity index (χ0n) is 13.8. The van der Waals surface area contributed by atoms with Crippen molar-refractivity contribution in [2.75, 3.05) is 0 Å². The van der Waals surface area contributed by atoms with Crippen molar-refractivity contribution in [1.82, 2.24) is 4.98 Å². The van der Waals surface area contributed by atoms with Crippen LogP contribution in [0.2, 0.25) is 0 Å². The number of nitrogens with zero attached hydrogens (tertiary/aromatic N) is 1. The highest BCUT2D eigenvalue weighted by Gasteiger charge is 2.43. The highest BCUT2D eigenvalue weighted by molar-refractivity contribution is 6.31. The Morgan fingerprint density at radius 3 is 2.92 bits per heavy atom. The zero-order chi connectivity index (χ0) is 18.0. The number of rotatable bonds is 0. The Labute approximate surface area is 148 Å². The second kappa shape index (κ2) is 5.25. The molecule has 26 heavy (non-hydrogen) atoms. The first-order valence-electron chi connectivity index (χ1n) is 8.65. The van der Waals surface area contributed by atoms with Crippen molar-refractivity contribution in [3.05, 3.63) is 68.3 Å². The molecule has 2 unspecified atom stereocenters. The van der Waals surface area contributed by atoms with Gasteiger partial charge < -0.3 is 15.2 Å². The molecule has 0 radical (unpaired) electrons. The average Bonchev–Trinajstić information content (AvgIpc) is 2.66. The molecule has 0 bridgehead atoms. The van der Waals surface area contributed by atoms with Crippen molar-refractivity contribution in [3.63, 3.8) is 0 Å². The second-order valence-corrected chi connectivity index (χ2v) is 6.87. The minimum Gasteiger partial charge on any atom is -0.505 e. The number of Topliss-reactive ketones (excluding diaryl/α,β-unsaturated/α-hetero) is 1. The SMILES string of the molecule is O=C1C2=C(O)c3[nH]c4c(c(=O)c3C(O)C2=NC2=CC=CCC12)CCC=C4. The molecule has 130 valence electrons. The van der Waals surface area contributed by atoms with Crippen molar-refractivity contribution < 1.29 is 15.0 Å². The Balaban J connectivity index is 1.82. The van der Waals surface area contributed by atoms with E-state index in [0.29, 0.717) is 29.8 Å². The van der Waals surface area contributed by atoms with Gasteiger partial charge in [0.25, 0.3) is 0 Å². The molecule has 6 nitrogen and oxygen atoms in total. The van der Waals surface area contributed by atoms with Crippen LogP contribution in [0.1, 0.15) is 41.5 Å². The lowest BCUT2D eigenvalue weighted by atomic mass is 9.77. The van der Waals surface area contributed by atoms with E-state index in [2.05, 4.69) is 9.98 Å². The Kier molecular flexibility index (Phi) is 3.09. The molecular weight excluding hydrogens is 332 g/mol. The normalized spacial score (nSPS) is 25.8. The van der Waals surface area contributed by atoms with E-state index in [4.69, 9.17) is 0 Å². The highest BCUT2D eigenvalue weighted by Crippen LogP contribution is 2.40. The number of carbonyl (C=O) groups is 1. The molecule has 1 aromatic rings. The van der Waals surface area contributed by atoms with Gasteiger partial charge in [0.1, 0.15) is 6.10 Å². The summed E-state index contributed by atoms with van der Waals surface area (Å²) in [7, 11) is 0. The van der Waals surface area contributed by atoms with E-state index in [9.17, 15) is 19.8 Å². The molecule has 0 fully saturated rings. The first-order chi connectivity index (χ1) is 12.6. The molecule has 0 saturated heterocycles. The summed E-state index contributed by atoms with van der Waals surface area (Å²) in [5.41, 5.74) is 1.72. The lowest BCUT2D eigenvalue weighted by molar-refractivity contribution is -0.117. The third-order valence-electron chi connectivity index (χ3n) is 5.42. The average molecular weight is 348 g/mol. The van der Waals surface area contributed by atoms with Gasteiger partial charge in [-0.15, -0.1) is 0 Å². The van der Waals surface area contributed by atoms with Gasteiger partial charge in [-0.1, -0.05) is 18.2 Å². The van der Waals surface area contributed by atoms with Gasteiger partial charge in [-0.05, 0) is 31.4 Å². The third-order valence-corrected chi connectivity index (χ3v) is 5.42.